The van der Waals surface area contributed by atoms with Crippen LogP contribution in [0.3, 0.4) is 0 Å². The Labute approximate surface area is 161 Å². The lowest BCUT2D eigenvalue weighted by Crippen LogP contribution is -2.41. The maximum atomic E-state index is 13.1. The topological polar surface area (TPSA) is 64.4 Å². The zero-order valence-electron chi connectivity index (χ0n) is 16.0. The molecule has 0 spiro atoms. The van der Waals surface area contributed by atoms with Gasteiger partial charge in [0.05, 0.1) is 12.0 Å². The minimum absolute atomic E-state index is 0.306. The van der Waals surface area contributed by atoms with E-state index in [0.29, 0.717) is 35.6 Å². The standard InChI is InChI=1S/C20H27N3O3S/c1-15-12-21-20(17-8-9-17)23(15)14-16-5-4-10-22(13-16)27(24,25)19-7-3-6-18(11-19)26-2/h3,6-7,11-12,16-17H,4-5,8-10,13-14H2,1-2H3. The zero-order chi connectivity index (χ0) is 19.0. The van der Waals surface area contributed by atoms with Gasteiger partial charge in [0, 0.05) is 43.5 Å². The first-order valence-electron chi connectivity index (χ1n) is 9.65. The maximum absolute atomic E-state index is 13.1. The van der Waals surface area contributed by atoms with Crippen molar-refractivity contribution in [3.8, 4) is 5.75 Å². The Morgan fingerprint density at radius 1 is 1.26 bits per heavy atom. The summed E-state index contributed by atoms with van der Waals surface area (Å²) in [5, 5.41) is 0. The predicted molar refractivity (Wildman–Crippen MR) is 103 cm³/mol. The van der Waals surface area contributed by atoms with Gasteiger partial charge in [-0.05, 0) is 50.7 Å². The highest BCUT2D eigenvalue weighted by molar-refractivity contribution is 7.89. The van der Waals surface area contributed by atoms with Gasteiger partial charge < -0.3 is 9.30 Å². The second-order valence-corrected chi connectivity index (χ2v) is 9.63. The predicted octanol–water partition coefficient (Wildman–Crippen LogP) is 3.18. The van der Waals surface area contributed by atoms with Crippen molar-refractivity contribution in [3.63, 3.8) is 0 Å². The Bertz CT molecular complexity index is 918. The van der Waals surface area contributed by atoms with E-state index in [-0.39, 0.29) is 0 Å². The lowest BCUT2D eigenvalue weighted by molar-refractivity contribution is 0.243. The Balaban J connectivity index is 1.52. The van der Waals surface area contributed by atoms with Gasteiger partial charge in [0.1, 0.15) is 11.6 Å². The highest BCUT2D eigenvalue weighted by Gasteiger charge is 2.33. The van der Waals surface area contributed by atoms with Crippen LogP contribution in [0.15, 0.2) is 35.4 Å². The van der Waals surface area contributed by atoms with Crippen molar-refractivity contribution in [1.29, 1.82) is 0 Å². The van der Waals surface area contributed by atoms with Crippen LogP contribution >= 0.6 is 0 Å². The summed E-state index contributed by atoms with van der Waals surface area (Å²) < 4.78 is 35.4. The van der Waals surface area contributed by atoms with Crippen LogP contribution < -0.4 is 4.74 Å². The molecule has 6 nitrogen and oxygen atoms in total. The van der Waals surface area contributed by atoms with Gasteiger partial charge in [-0.3, -0.25) is 0 Å². The maximum Gasteiger partial charge on any atom is 0.243 e. The molecule has 27 heavy (non-hydrogen) atoms. The van der Waals surface area contributed by atoms with Gasteiger partial charge in [-0.1, -0.05) is 6.07 Å². The molecule has 2 aliphatic rings. The number of rotatable bonds is 6. The lowest BCUT2D eigenvalue weighted by atomic mass is 9.99. The van der Waals surface area contributed by atoms with Gasteiger partial charge in [-0.2, -0.15) is 4.31 Å². The number of benzene rings is 1. The summed E-state index contributed by atoms with van der Waals surface area (Å²) >= 11 is 0. The van der Waals surface area contributed by atoms with Crippen molar-refractivity contribution >= 4 is 10.0 Å². The van der Waals surface area contributed by atoms with Crippen molar-refractivity contribution < 1.29 is 13.2 Å². The summed E-state index contributed by atoms with van der Waals surface area (Å²) in [6, 6.07) is 6.74. The number of hydrogen-bond acceptors (Lipinski definition) is 4. The number of ether oxygens (including phenoxy) is 1. The van der Waals surface area contributed by atoms with Crippen LogP contribution in [-0.4, -0.2) is 42.5 Å². The van der Waals surface area contributed by atoms with Crippen LogP contribution in [0.1, 0.15) is 43.1 Å². The molecule has 146 valence electrons. The van der Waals surface area contributed by atoms with Gasteiger partial charge in [-0.25, -0.2) is 13.4 Å². The molecule has 0 bridgehead atoms. The molecule has 1 atom stereocenters. The molecule has 7 heteroatoms. The minimum Gasteiger partial charge on any atom is -0.497 e. The highest BCUT2D eigenvalue weighted by atomic mass is 32.2. The molecule has 2 aromatic rings. The molecule has 1 aliphatic carbocycles. The average molecular weight is 390 g/mol. The largest absolute Gasteiger partial charge is 0.497 e. The molecule has 0 amide bonds. The van der Waals surface area contributed by atoms with E-state index >= 15 is 0 Å². The third-order valence-corrected chi connectivity index (χ3v) is 7.49. The summed E-state index contributed by atoms with van der Waals surface area (Å²) in [5.74, 6) is 2.65. The van der Waals surface area contributed by atoms with E-state index in [1.54, 1.807) is 35.7 Å². The number of methoxy groups -OCH3 is 1. The van der Waals surface area contributed by atoms with Crippen LogP contribution in [0.5, 0.6) is 5.75 Å². The molecule has 4 rings (SSSR count). The number of aryl methyl sites for hydroxylation is 1. The molecule has 1 aromatic carbocycles. The summed E-state index contributed by atoms with van der Waals surface area (Å²) in [4.78, 5) is 4.90. The minimum atomic E-state index is -3.50. The number of piperidine rings is 1. The molecule has 1 unspecified atom stereocenters. The first-order valence-corrected chi connectivity index (χ1v) is 11.1. The van der Waals surface area contributed by atoms with E-state index in [4.69, 9.17) is 4.74 Å². The SMILES string of the molecule is COc1cccc(S(=O)(=O)N2CCCC(Cn3c(C)cnc3C3CC3)C2)c1. The van der Waals surface area contributed by atoms with E-state index in [1.165, 1.54) is 24.4 Å². The van der Waals surface area contributed by atoms with Crippen LogP contribution in [0.25, 0.3) is 0 Å². The first kappa shape index (κ1) is 18.5. The van der Waals surface area contributed by atoms with Crippen LogP contribution in [-0.2, 0) is 16.6 Å². The van der Waals surface area contributed by atoms with Gasteiger partial charge in [0.15, 0.2) is 0 Å². The van der Waals surface area contributed by atoms with E-state index in [1.807, 2.05) is 6.20 Å². The molecule has 1 saturated heterocycles. The number of sulfonamides is 1. The van der Waals surface area contributed by atoms with E-state index in [0.717, 1.165) is 19.4 Å². The van der Waals surface area contributed by atoms with Crippen LogP contribution in [0, 0.1) is 12.8 Å². The van der Waals surface area contributed by atoms with Crippen LogP contribution in [0.2, 0.25) is 0 Å². The van der Waals surface area contributed by atoms with Crippen molar-refractivity contribution in [2.45, 2.75) is 50.0 Å². The molecule has 2 fully saturated rings. The quantitative estimate of drug-likeness (QED) is 0.761. The monoisotopic (exact) mass is 389 g/mol. The molecule has 0 radical (unpaired) electrons. The lowest BCUT2D eigenvalue weighted by Gasteiger charge is -2.32. The number of imidazole rings is 1. The van der Waals surface area contributed by atoms with E-state index in [9.17, 15) is 8.42 Å². The molecule has 1 aliphatic heterocycles. The third kappa shape index (κ3) is 3.75. The van der Waals surface area contributed by atoms with Gasteiger partial charge >= 0.3 is 0 Å². The molecule has 1 saturated carbocycles. The summed E-state index contributed by atoms with van der Waals surface area (Å²) in [5.41, 5.74) is 1.17. The van der Waals surface area contributed by atoms with Crippen LogP contribution in [0.4, 0.5) is 0 Å². The summed E-state index contributed by atoms with van der Waals surface area (Å²) in [6.07, 6.45) is 6.32. The molecular formula is C20H27N3O3S. The molecular weight excluding hydrogens is 362 g/mol. The van der Waals surface area contributed by atoms with Crippen molar-refractivity contribution in [2.24, 2.45) is 5.92 Å². The second-order valence-electron chi connectivity index (χ2n) is 7.69. The van der Waals surface area contributed by atoms with Crippen molar-refractivity contribution in [2.75, 3.05) is 20.2 Å². The molecule has 1 aromatic heterocycles. The Morgan fingerprint density at radius 3 is 2.81 bits per heavy atom. The van der Waals surface area contributed by atoms with E-state index in [2.05, 4.69) is 16.5 Å². The third-order valence-electron chi connectivity index (χ3n) is 5.63. The summed E-state index contributed by atoms with van der Waals surface area (Å²) in [7, 11) is -1.95. The fourth-order valence-corrected chi connectivity index (χ4v) is 5.54. The number of hydrogen-bond donors (Lipinski definition) is 0. The molecule has 2 heterocycles. The second kappa shape index (κ2) is 7.28. The Hall–Kier alpha value is -1.86. The van der Waals surface area contributed by atoms with Crippen molar-refractivity contribution in [3.05, 3.63) is 42.0 Å². The van der Waals surface area contributed by atoms with Gasteiger partial charge in [0.2, 0.25) is 10.0 Å². The van der Waals surface area contributed by atoms with Gasteiger partial charge in [0.25, 0.3) is 0 Å². The van der Waals surface area contributed by atoms with E-state index < -0.39 is 10.0 Å². The van der Waals surface area contributed by atoms with Gasteiger partial charge in [-0.15, -0.1) is 0 Å². The Morgan fingerprint density at radius 2 is 2.07 bits per heavy atom. The normalized spacial score (nSPS) is 21.3. The van der Waals surface area contributed by atoms with Crippen molar-refractivity contribution in [1.82, 2.24) is 13.9 Å². The first-order chi connectivity index (χ1) is 13.0. The fourth-order valence-electron chi connectivity index (χ4n) is 3.95. The molecule has 0 N–H and O–H groups in total. The number of aromatic nitrogens is 2. The summed E-state index contributed by atoms with van der Waals surface area (Å²) in [6.45, 7) is 4.07. The fraction of sp³-hybridized carbons (Fsp3) is 0.550. The smallest absolute Gasteiger partial charge is 0.243 e. The zero-order valence-corrected chi connectivity index (χ0v) is 16.8. The highest BCUT2D eigenvalue weighted by Crippen LogP contribution is 2.40. The number of nitrogens with zero attached hydrogens (tertiary/aromatic N) is 3. The average Bonchev–Trinajstić information content (AvgIpc) is 3.47. The Kier molecular flexibility index (Phi) is 4.99.